The van der Waals surface area contributed by atoms with Crippen molar-refractivity contribution in [1.82, 2.24) is 9.80 Å². The molecular weight excluding hydrogens is 295 g/mol. The van der Waals surface area contributed by atoms with Crippen molar-refractivity contribution >= 4 is 23.4 Å². The van der Waals surface area contributed by atoms with Crippen molar-refractivity contribution in [2.45, 2.75) is 12.8 Å². The van der Waals surface area contributed by atoms with Crippen molar-refractivity contribution in [2.24, 2.45) is 0 Å². The largest absolute Gasteiger partial charge is 0.339 e. The predicted octanol–water partition coefficient (Wildman–Crippen LogP) is 2.13. The first-order chi connectivity index (χ1) is 10.1. The number of hydrogen-bond donors (Lipinski definition) is 0. The van der Waals surface area contributed by atoms with E-state index in [1.54, 1.807) is 15.9 Å². The van der Waals surface area contributed by atoms with Crippen LogP contribution in [0.3, 0.4) is 0 Å². The van der Waals surface area contributed by atoms with Gasteiger partial charge in [-0.3, -0.25) is 9.59 Å². The van der Waals surface area contributed by atoms with E-state index in [0.717, 1.165) is 0 Å². The molecule has 0 aromatic heterocycles. The van der Waals surface area contributed by atoms with Crippen LogP contribution in [-0.2, 0) is 4.79 Å². The molecule has 114 valence electrons. The van der Waals surface area contributed by atoms with Crippen molar-refractivity contribution in [3.63, 3.8) is 0 Å². The highest BCUT2D eigenvalue weighted by molar-refractivity contribution is 6.17. The molecule has 1 fully saturated rings. The molecule has 6 heteroatoms. The van der Waals surface area contributed by atoms with Crippen LogP contribution in [0.25, 0.3) is 0 Å². The minimum Gasteiger partial charge on any atom is -0.339 e. The van der Waals surface area contributed by atoms with E-state index in [4.69, 9.17) is 11.6 Å². The van der Waals surface area contributed by atoms with E-state index in [9.17, 15) is 14.0 Å². The zero-order valence-corrected chi connectivity index (χ0v) is 12.5. The van der Waals surface area contributed by atoms with E-state index in [2.05, 4.69) is 0 Å². The lowest BCUT2D eigenvalue weighted by Gasteiger charge is -2.34. The van der Waals surface area contributed by atoms with E-state index in [-0.39, 0.29) is 11.8 Å². The number of nitrogens with zero attached hydrogens (tertiary/aromatic N) is 2. The smallest absolute Gasteiger partial charge is 0.254 e. The van der Waals surface area contributed by atoms with Crippen molar-refractivity contribution in [3.8, 4) is 0 Å². The standard InChI is InChI=1S/C15H18ClFN2O2/c16-6-2-5-14(20)18-7-9-19(10-8-18)15(21)12-3-1-4-13(17)11-12/h1,3-4,11H,2,5-10H2. The van der Waals surface area contributed by atoms with Crippen molar-refractivity contribution in [1.29, 1.82) is 0 Å². The molecule has 0 aliphatic carbocycles. The molecule has 0 atom stereocenters. The van der Waals surface area contributed by atoms with E-state index in [1.807, 2.05) is 0 Å². The summed E-state index contributed by atoms with van der Waals surface area (Å²) in [5, 5.41) is 0. The molecule has 0 radical (unpaired) electrons. The number of amides is 2. The van der Waals surface area contributed by atoms with Crippen LogP contribution in [-0.4, -0.2) is 53.7 Å². The fourth-order valence-corrected chi connectivity index (χ4v) is 2.47. The SMILES string of the molecule is O=C(CCCCl)N1CCN(C(=O)c2cccc(F)c2)CC1. The Hall–Kier alpha value is -1.62. The van der Waals surface area contributed by atoms with E-state index < -0.39 is 5.82 Å². The van der Waals surface area contributed by atoms with Crippen LogP contribution >= 0.6 is 11.6 Å². The zero-order valence-electron chi connectivity index (χ0n) is 11.7. The molecule has 0 bridgehead atoms. The Morgan fingerprint density at radius 3 is 2.43 bits per heavy atom. The minimum absolute atomic E-state index is 0.0773. The Bertz CT molecular complexity index is 516. The van der Waals surface area contributed by atoms with E-state index in [0.29, 0.717) is 50.5 Å². The van der Waals surface area contributed by atoms with Gasteiger partial charge in [0.15, 0.2) is 0 Å². The van der Waals surface area contributed by atoms with Crippen molar-refractivity contribution < 1.29 is 14.0 Å². The van der Waals surface area contributed by atoms with Crippen molar-refractivity contribution in [2.75, 3.05) is 32.1 Å². The van der Waals surface area contributed by atoms with Crippen LogP contribution in [0.2, 0.25) is 0 Å². The molecule has 2 amide bonds. The highest BCUT2D eigenvalue weighted by atomic mass is 35.5. The second-order valence-corrected chi connectivity index (χ2v) is 5.35. The molecule has 1 aromatic carbocycles. The lowest BCUT2D eigenvalue weighted by molar-refractivity contribution is -0.132. The average Bonchev–Trinajstić information content (AvgIpc) is 2.52. The Balaban J connectivity index is 1.89. The highest BCUT2D eigenvalue weighted by Gasteiger charge is 2.24. The van der Waals surface area contributed by atoms with Gasteiger partial charge in [0.1, 0.15) is 5.82 Å². The summed E-state index contributed by atoms with van der Waals surface area (Å²) in [6.07, 6.45) is 1.12. The summed E-state index contributed by atoms with van der Waals surface area (Å²) in [6, 6.07) is 5.67. The third kappa shape index (κ3) is 4.17. The molecule has 1 heterocycles. The van der Waals surface area contributed by atoms with Crippen molar-refractivity contribution in [3.05, 3.63) is 35.6 Å². The Morgan fingerprint density at radius 2 is 1.81 bits per heavy atom. The molecule has 1 saturated heterocycles. The van der Waals surface area contributed by atoms with Gasteiger partial charge in [0, 0.05) is 44.0 Å². The Kier molecular flexibility index (Phi) is 5.56. The maximum absolute atomic E-state index is 13.1. The number of alkyl halides is 1. The lowest BCUT2D eigenvalue weighted by Crippen LogP contribution is -2.50. The first kappa shape index (κ1) is 15.8. The summed E-state index contributed by atoms with van der Waals surface area (Å²) in [4.78, 5) is 27.5. The first-order valence-corrected chi connectivity index (χ1v) is 7.54. The molecule has 1 aromatic rings. The summed E-state index contributed by atoms with van der Waals surface area (Å²) < 4.78 is 13.1. The van der Waals surface area contributed by atoms with Gasteiger partial charge in [-0.15, -0.1) is 11.6 Å². The molecule has 4 nitrogen and oxygen atoms in total. The average molecular weight is 313 g/mol. The van der Waals surface area contributed by atoms with Gasteiger partial charge in [-0.05, 0) is 24.6 Å². The number of halogens is 2. The van der Waals surface area contributed by atoms with Gasteiger partial charge < -0.3 is 9.80 Å². The van der Waals surface area contributed by atoms with Crippen LogP contribution in [0.4, 0.5) is 4.39 Å². The number of benzene rings is 1. The van der Waals surface area contributed by atoms with Gasteiger partial charge in [0.05, 0.1) is 0 Å². The van der Waals surface area contributed by atoms with Crippen LogP contribution in [0, 0.1) is 5.82 Å². The number of carbonyl (C=O) groups is 2. The lowest BCUT2D eigenvalue weighted by atomic mass is 10.1. The summed E-state index contributed by atoms with van der Waals surface area (Å²) in [6.45, 7) is 1.98. The number of piperazine rings is 1. The predicted molar refractivity (Wildman–Crippen MR) is 78.8 cm³/mol. The minimum atomic E-state index is -0.421. The third-order valence-corrected chi connectivity index (χ3v) is 3.78. The molecule has 0 unspecified atom stereocenters. The van der Waals surface area contributed by atoms with Gasteiger partial charge in [-0.25, -0.2) is 4.39 Å². The monoisotopic (exact) mass is 312 g/mol. The fourth-order valence-electron chi connectivity index (χ4n) is 2.34. The van der Waals surface area contributed by atoms with Gasteiger partial charge >= 0.3 is 0 Å². The van der Waals surface area contributed by atoms with Crippen LogP contribution in [0.5, 0.6) is 0 Å². The quantitative estimate of drug-likeness (QED) is 0.799. The van der Waals surface area contributed by atoms with Gasteiger partial charge in [0.25, 0.3) is 5.91 Å². The second-order valence-electron chi connectivity index (χ2n) is 4.98. The van der Waals surface area contributed by atoms with Gasteiger partial charge in [-0.1, -0.05) is 6.07 Å². The van der Waals surface area contributed by atoms with Gasteiger partial charge in [-0.2, -0.15) is 0 Å². The topological polar surface area (TPSA) is 40.6 Å². The zero-order chi connectivity index (χ0) is 15.2. The normalized spacial score (nSPS) is 15.1. The highest BCUT2D eigenvalue weighted by Crippen LogP contribution is 2.11. The summed E-state index contributed by atoms with van der Waals surface area (Å²) in [5.41, 5.74) is 0.344. The molecule has 0 N–H and O–H groups in total. The second kappa shape index (κ2) is 7.41. The summed E-state index contributed by atoms with van der Waals surface area (Å²) in [5.74, 6) is -0.0596. The number of hydrogen-bond acceptors (Lipinski definition) is 2. The van der Waals surface area contributed by atoms with E-state index >= 15 is 0 Å². The summed E-state index contributed by atoms with van der Waals surface area (Å²) in [7, 11) is 0. The fraction of sp³-hybridized carbons (Fsp3) is 0.467. The maximum Gasteiger partial charge on any atom is 0.254 e. The van der Waals surface area contributed by atoms with Crippen LogP contribution in [0.15, 0.2) is 24.3 Å². The van der Waals surface area contributed by atoms with Crippen LogP contribution in [0.1, 0.15) is 23.2 Å². The molecule has 0 saturated carbocycles. The maximum atomic E-state index is 13.1. The molecule has 1 aliphatic rings. The Labute approximate surface area is 128 Å². The van der Waals surface area contributed by atoms with Crippen LogP contribution < -0.4 is 0 Å². The molecule has 21 heavy (non-hydrogen) atoms. The number of rotatable bonds is 4. The summed E-state index contributed by atoms with van der Waals surface area (Å²) >= 11 is 5.58. The molecular formula is C15H18ClFN2O2. The molecule has 2 rings (SSSR count). The van der Waals surface area contributed by atoms with E-state index in [1.165, 1.54) is 18.2 Å². The number of carbonyl (C=O) groups excluding carboxylic acids is 2. The first-order valence-electron chi connectivity index (χ1n) is 7.00. The van der Waals surface area contributed by atoms with Gasteiger partial charge in [0.2, 0.25) is 5.91 Å². The molecule has 1 aliphatic heterocycles. The Morgan fingerprint density at radius 1 is 1.14 bits per heavy atom. The third-order valence-electron chi connectivity index (χ3n) is 3.52. The molecule has 0 spiro atoms.